The highest BCUT2D eigenvalue weighted by atomic mass is 35.5. The van der Waals surface area contributed by atoms with Crippen LogP contribution in [0.25, 0.3) is 0 Å². The lowest BCUT2D eigenvalue weighted by Crippen LogP contribution is -2.08. The van der Waals surface area contributed by atoms with Gasteiger partial charge in [0.15, 0.2) is 0 Å². The summed E-state index contributed by atoms with van der Waals surface area (Å²) in [5.41, 5.74) is 0. The first-order chi connectivity index (χ1) is 8.86. The molecule has 0 unspecified atom stereocenters. The number of aromatic nitrogens is 2. The number of hydrogen-bond donors (Lipinski definition) is 1. The summed E-state index contributed by atoms with van der Waals surface area (Å²) in [6.07, 6.45) is 3.37. The Labute approximate surface area is 113 Å². The molecule has 1 aromatic rings. The molecule has 0 fully saturated rings. The Morgan fingerprint density at radius 3 is 2.94 bits per heavy atom. The fourth-order valence-electron chi connectivity index (χ4n) is 1.27. The molecule has 18 heavy (non-hydrogen) atoms. The second-order valence-electron chi connectivity index (χ2n) is 3.67. The van der Waals surface area contributed by atoms with Crippen LogP contribution < -0.4 is 10.1 Å². The molecule has 0 aliphatic rings. The van der Waals surface area contributed by atoms with E-state index in [-0.39, 0.29) is 0 Å². The molecule has 0 aliphatic carbocycles. The van der Waals surface area contributed by atoms with Gasteiger partial charge in [0.1, 0.15) is 12.1 Å². The average molecular weight is 274 g/mol. The summed E-state index contributed by atoms with van der Waals surface area (Å²) in [5.74, 6) is 1.92. The average Bonchev–Trinajstić information content (AvgIpc) is 2.41. The van der Waals surface area contributed by atoms with Crippen LogP contribution >= 0.6 is 11.6 Å². The maximum atomic E-state index is 5.50. The molecule has 0 bridgehead atoms. The van der Waals surface area contributed by atoms with Crippen molar-refractivity contribution in [2.75, 3.05) is 37.6 Å². The van der Waals surface area contributed by atoms with Gasteiger partial charge in [-0.05, 0) is 12.8 Å². The second kappa shape index (κ2) is 9.91. The molecule has 0 aromatic carbocycles. The number of ether oxygens (including phenoxy) is 2. The number of nitrogens with one attached hydrogen (secondary N) is 1. The van der Waals surface area contributed by atoms with Crippen LogP contribution in [0.4, 0.5) is 5.82 Å². The normalized spacial score (nSPS) is 10.3. The van der Waals surface area contributed by atoms with Crippen molar-refractivity contribution in [1.82, 2.24) is 9.97 Å². The molecule has 102 valence electrons. The molecule has 1 rings (SSSR count). The number of nitrogens with zero attached hydrogens (tertiary/aromatic N) is 2. The van der Waals surface area contributed by atoms with Gasteiger partial charge in [0, 0.05) is 25.1 Å². The quantitative estimate of drug-likeness (QED) is 0.524. The lowest BCUT2D eigenvalue weighted by Gasteiger charge is -2.07. The lowest BCUT2D eigenvalue weighted by molar-refractivity contribution is 0.149. The summed E-state index contributed by atoms with van der Waals surface area (Å²) >= 11 is 5.50. The molecule has 0 amide bonds. The van der Waals surface area contributed by atoms with E-state index in [1.807, 2.05) is 0 Å². The third-order valence-electron chi connectivity index (χ3n) is 2.09. The minimum absolute atomic E-state index is 0.539. The fourth-order valence-corrected chi connectivity index (χ4v) is 1.38. The molecule has 1 N–H and O–H groups in total. The highest BCUT2D eigenvalue weighted by Gasteiger charge is 1.98. The minimum Gasteiger partial charge on any atom is -0.478 e. The van der Waals surface area contributed by atoms with Crippen LogP contribution in [0.5, 0.6) is 5.88 Å². The zero-order valence-corrected chi connectivity index (χ0v) is 11.4. The van der Waals surface area contributed by atoms with Crippen molar-refractivity contribution in [2.24, 2.45) is 0 Å². The number of hydrogen-bond acceptors (Lipinski definition) is 5. The topological polar surface area (TPSA) is 56.3 Å². The van der Waals surface area contributed by atoms with Gasteiger partial charge in [-0.2, -0.15) is 0 Å². The van der Waals surface area contributed by atoms with Crippen molar-refractivity contribution in [1.29, 1.82) is 0 Å². The van der Waals surface area contributed by atoms with Crippen LogP contribution in [0.3, 0.4) is 0 Å². The number of halogens is 1. The molecule has 0 aliphatic heterocycles. The van der Waals surface area contributed by atoms with E-state index >= 15 is 0 Å². The number of rotatable bonds is 10. The summed E-state index contributed by atoms with van der Waals surface area (Å²) in [6.45, 7) is 4.82. The fraction of sp³-hybridized carbons (Fsp3) is 0.667. The Balaban J connectivity index is 2.20. The van der Waals surface area contributed by atoms with Gasteiger partial charge in [-0.1, -0.05) is 6.92 Å². The van der Waals surface area contributed by atoms with Gasteiger partial charge < -0.3 is 14.8 Å². The van der Waals surface area contributed by atoms with Crippen molar-refractivity contribution in [2.45, 2.75) is 19.8 Å². The molecule has 0 saturated carbocycles. The van der Waals surface area contributed by atoms with Crippen molar-refractivity contribution < 1.29 is 9.47 Å². The first-order valence-corrected chi connectivity index (χ1v) is 6.72. The lowest BCUT2D eigenvalue weighted by atomic mass is 10.4. The predicted molar refractivity (Wildman–Crippen MR) is 72.5 cm³/mol. The van der Waals surface area contributed by atoms with Gasteiger partial charge in [-0.15, -0.1) is 11.6 Å². The van der Waals surface area contributed by atoms with Crippen LogP contribution in [-0.4, -0.2) is 42.2 Å². The smallest absolute Gasteiger partial charge is 0.218 e. The van der Waals surface area contributed by atoms with Crippen molar-refractivity contribution in [3.8, 4) is 5.88 Å². The zero-order valence-electron chi connectivity index (χ0n) is 10.7. The summed E-state index contributed by atoms with van der Waals surface area (Å²) in [5, 5.41) is 3.19. The van der Waals surface area contributed by atoms with Crippen LogP contribution in [-0.2, 0) is 4.74 Å². The monoisotopic (exact) mass is 273 g/mol. The van der Waals surface area contributed by atoms with E-state index in [0.717, 1.165) is 25.2 Å². The molecular formula is C12H20ClN3O2. The Hall–Kier alpha value is -1.07. The predicted octanol–water partition coefficient (Wildman–Crippen LogP) is 2.32. The first-order valence-electron chi connectivity index (χ1n) is 6.19. The van der Waals surface area contributed by atoms with E-state index in [0.29, 0.717) is 31.6 Å². The van der Waals surface area contributed by atoms with Crippen LogP contribution in [0, 0.1) is 0 Å². The van der Waals surface area contributed by atoms with Crippen LogP contribution in [0.1, 0.15) is 19.8 Å². The summed E-state index contributed by atoms with van der Waals surface area (Å²) in [6, 6.07) is 1.80. The van der Waals surface area contributed by atoms with Gasteiger partial charge in [0.25, 0.3) is 0 Å². The van der Waals surface area contributed by atoms with Crippen molar-refractivity contribution in [3.05, 3.63) is 12.4 Å². The Kier molecular flexibility index (Phi) is 8.25. The Morgan fingerprint density at radius 1 is 1.28 bits per heavy atom. The van der Waals surface area contributed by atoms with Crippen LogP contribution in [0.15, 0.2) is 12.4 Å². The highest BCUT2D eigenvalue weighted by molar-refractivity contribution is 6.17. The Bertz CT molecular complexity index is 326. The standard InChI is InChI=1S/C12H20ClN3O2/c1-2-6-18-12-9-11(15-10-16-12)14-5-3-7-17-8-4-13/h9-10H,2-8H2,1H3,(H,14,15,16). The van der Waals surface area contributed by atoms with Gasteiger partial charge in [0.05, 0.1) is 13.2 Å². The van der Waals surface area contributed by atoms with E-state index < -0.39 is 0 Å². The molecule has 0 saturated heterocycles. The zero-order chi connectivity index (χ0) is 13.1. The number of anilines is 1. The summed E-state index contributed by atoms with van der Waals surface area (Å²) in [7, 11) is 0. The van der Waals surface area contributed by atoms with Gasteiger partial charge in [0.2, 0.25) is 5.88 Å². The van der Waals surface area contributed by atoms with Crippen LogP contribution in [0.2, 0.25) is 0 Å². The molecule has 1 aromatic heterocycles. The van der Waals surface area contributed by atoms with Crippen molar-refractivity contribution >= 4 is 17.4 Å². The van der Waals surface area contributed by atoms with E-state index in [9.17, 15) is 0 Å². The second-order valence-corrected chi connectivity index (χ2v) is 4.05. The largest absolute Gasteiger partial charge is 0.478 e. The Morgan fingerprint density at radius 2 is 2.17 bits per heavy atom. The molecule has 0 spiro atoms. The highest BCUT2D eigenvalue weighted by Crippen LogP contribution is 2.10. The molecule has 5 nitrogen and oxygen atoms in total. The van der Waals surface area contributed by atoms with E-state index in [2.05, 4.69) is 22.2 Å². The summed E-state index contributed by atoms with van der Waals surface area (Å²) in [4.78, 5) is 8.15. The molecule has 6 heteroatoms. The van der Waals surface area contributed by atoms with E-state index in [4.69, 9.17) is 21.1 Å². The van der Waals surface area contributed by atoms with Crippen molar-refractivity contribution in [3.63, 3.8) is 0 Å². The first kappa shape index (κ1) is 15.0. The SMILES string of the molecule is CCCOc1cc(NCCCOCCCl)ncn1. The summed E-state index contributed by atoms with van der Waals surface area (Å²) < 4.78 is 10.7. The number of alkyl halides is 1. The van der Waals surface area contributed by atoms with Gasteiger partial charge >= 0.3 is 0 Å². The maximum absolute atomic E-state index is 5.50. The molecule has 0 radical (unpaired) electrons. The minimum atomic E-state index is 0.539. The van der Waals surface area contributed by atoms with E-state index in [1.165, 1.54) is 6.33 Å². The van der Waals surface area contributed by atoms with Gasteiger partial charge in [-0.3, -0.25) is 0 Å². The van der Waals surface area contributed by atoms with Gasteiger partial charge in [-0.25, -0.2) is 9.97 Å². The maximum Gasteiger partial charge on any atom is 0.218 e. The third kappa shape index (κ3) is 6.61. The molecule has 1 heterocycles. The van der Waals surface area contributed by atoms with E-state index in [1.54, 1.807) is 6.07 Å². The third-order valence-corrected chi connectivity index (χ3v) is 2.24. The molecule has 0 atom stereocenters. The molecular weight excluding hydrogens is 254 g/mol.